The number of ether oxygens (including phenoxy) is 6. The van der Waals surface area contributed by atoms with E-state index in [1.165, 1.54) is 0 Å². The van der Waals surface area contributed by atoms with Crippen molar-refractivity contribution in [3.05, 3.63) is 106 Å². The lowest BCUT2D eigenvalue weighted by Crippen LogP contribution is -2.21. The fraction of sp³-hybridized carbons (Fsp3) is 0.579. The van der Waals surface area contributed by atoms with Crippen LogP contribution in [0.15, 0.2) is 89.5 Å². The van der Waals surface area contributed by atoms with E-state index in [4.69, 9.17) is 42.0 Å². The minimum absolute atomic E-state index is 0.0161. The molecule has 380 valence electrons. The van der Waals surface area contributed by atoms with Gasteiger partial charge in [-0.05, 0) is 68.9 Å². The van der Waals surface area contributed by atoms with Crippen molar-refractivity contribution in [2.75, 3.05) is 61.0 Å². The summed E-state index contributed by atoms with van der Waals surface area (Å²) in [4.78, 5) is 0. The highest BCUT2D eigenvalue weighted by molar-refractivity contribution is 7.49. The van der Waals surface area contributed by atoms with Gasteiger partial charge in [-0.3, -0.25) is 0 Å². The van der Waals surface area contributed by atoms with Gasteiger partial charge in [0, 0.05) is 33.4 Å². The Labute approximate surface area is 411 Å². The van der Waals surface area contributed by atoms with Gasteiger partial charge in [-0.1, -0.05) is 161 Å². The van der Waals surface area contributed by atoms with E-state index in [1.807, 2.05) is 36.4 Å². The predicted molar refractivity (Wildman–Crippen MR) is 280 cm³/mol. The Kier molecular flexibility index (Phi) is 20.2. The molecule has 0 aliphatic rings. The third-order valence-electron chi connectivity index (χ3n) is 10.4. The van der Waals surface area contributed by atoms with Crippen LogP contribution in [0.2, 0.25) is 0 Å². The minimum atomic E-state index is -4.58. The van der Waals surface area contributed by atoms with Gasteiger partial charge >= 0.3 is 7.82 Å². The first-order valence-corrected chi connectivity index (χ1v) is 25.2. The number of phosphoric acid groups is 1. The molecule has 3 aromatic rings. The zero-order chi connectivity index (χ0) is 51.5. The van der Waals surface area contributed by atoms with Crippen LogP contribution >= 0.6 is 7.82 Å². The largest absolute Gasteiger partial charge is 0.647 e. The van der Waals surface area contributed by atoms with Crippen LogP contribution in [0, 0.1) is 32.5 Å². The van der Waals surface area contributed by atoms with E-state index in [1.54, 1.807) is 57.7 Å². The lowest BCUT2D eigenvalue weighted by atomic mass is 9.84. The van der Waals surface area contributed by atoms with Crippen molar-refractivity contribution in [3.63, 3.8) is 0 Å². The third-order valence-corrected chi connectivity index (χ3v) is 11.7. The molecule has 0 spiro atoms. The summed E-state index contributed by atoms with van der Waals surface area (Å²) in [5.74, 6) is 2.62. The Bertz CT molecular complexity index is 1990. The molecule has 0 aliphatic carbocycles. The molecule has 0 unspecified atom stereocenters. The van der Waals surface area contributed by atoms with E-state index in [-0.39, 0.29) is 49.7 Å². The van der Waals surface area contributed by atoms with Crippen LogP contribution in [0.5, 0.6) is 17.2 Å². The van der Waals surface area contributed by atoms with Crippen LogP contribution in [-0.4, -0.2) is 61.0 Å². The zero-order valence-electron chi connectivity index (χ0n) is 45.7. The van der Waals surface area contributed by atoms with E-state index >= 15 is 4.57 Å². The molecule has 0 radical (unpaired) electrons. The fourth-order valence-corrected chi connectivity index (χ4v) is 8.24. The van der Waals surface area contributed by atoms with Gasteiger partial charge in [0.05, 0.1) is 61.0 Å². The van der Waals surface area contributed by atoms with Gasteiger partial charge in [0.2, 0.25) is 0 Å². The number of hydrogen-bond acceptors (Lipinski definition) is 10. The maximum atomic E-state index is 15.5. The van der Waals surface area contributed by atoms with Crippen LogP contribution in [0.1, 0.15) is 141 Å². The number of phosphoric ester groups is 1. The van der Waals surface area contributed by atoms with E-state index < -0.39 is 7.82 Å². The summed E-state index contributed by atoms with van der Waals surface area (Å²) in [6.07, 6.45) is 0. The molecule has 0 fully saturated rings. The Hall–Kier alpha value is -4.21. The molecule has 0 saturated carbocycles. The molecule has 10 nitrogen and oxygen atoms in total. The van der Waals surface area contributed by atoms with Crippen molar-refractivity contribution in [1.29, 1.82) is 0 Å². The van der Waals surface area contributed by atoms with E-state index in [0.29, 0.717) is 73.6 Å². The summed E-state index contributed by atoms with van der Waals surface area (Å²) in [6.45, 7) is 41.2. The van der Waals surface area contributed by atoms with Gasteiger partial charge in [-0.2, -0.15) is 4.57 Å². The fourth-order valence-electron chi connectivity index (χ4n) is 7.02. The first-order valence-electron chi connectivity index (χ1n) is 23.7. The van der Waals surface area contributed by atoms with Gasteiger partial charge in [0.15, 0.2) is 0 Å². The van der Waals surface area contributed by atoms with E-state index in [9.17, 15) is 0 Å². The van der Waals surface area contributed by atoms with E-state index in [2.05, 4.69) is 125 Å². The normalized spacial score (nSPS) is 14.4. The highest BCUT2D eigenvalue weighted by Gasteiger charge is 2.35. The second-order valence-corrected chi connectivity index (χ2v) is 25.7. The van der Waals surface area contributed by atoms with Gasteiger partial charge in [-0.15, -0.1) is 0 Å². The van der Waals surface area contributed by atoms with Crippen LogP contribution in [0.4, 0.5) is 0 Å². The Morgan fingerprint density at radius 3 is 0.824 bits per heavy atom. The molecule has 0 N–H and O–H groups in total. The highest BCUT2D eigenvalue weighted by Crippen LogP contribution is 2.51. The van der Waals surface area contributed by atoms with Crippen LogP contribution in [0.3, 0.4) is 0 Å². The molecule has 11 heteroatoms. The molecular formula is C57H87O10P. The first kappa shape index (κ1) is 58.1. The molecule has 0 saturated heterocycles. The SMILES string of the molecule is CO/C(=C(/COCC(C)(C)C)C(C)(C)C)c1cccc(OP(=O)(Oc2cccc(/C(OC)=C(\COCC(C)(C)C)C(C)(C)C)c2)Oc2cccc(/C(OC)=C(\COCC(C)(C)C)C(C)(C)C)c2)c1. The van der Waals surface area contributed by atoms with E-state index in [0.717, 1.165) is 16.7 Å². The molecule has 0 aromatic heterocycles. The van der Waals surface area contributed by atoms with Crippen molar-refractivity contribution in [1.82, 2.24) is 0 Å². The summed E-state index contributed by atoms with van der Waals surface area (Å²) in [7, 11) is 0.347. The second kappa shape index (κ2) is 23.6. The van der Waals surface area contributed by atoms with Crippen molar-refractivity contribution in [3.8, 4) is 17.2 Å². The summed E-state index contributed by atoms with van der Waals surface area (Å²) in [6, 6.07) is 21.7. The number of hydrogen-bond donors (Lipinski definition) is 0. The zero-order valence-corrected chi connectivity index (χ0v) is 46.6. The van der Waals surface area contributed by atoms with Crippen molar-refractivity contribution in [2.24, 2.45) is 32.5 Å². The topological polar surface area (TPSA) is 100 Å². The molecule has 0 atom stereocenters. The summed E-state index contributed by atoms with van der Waals surface area (Å²) in [5, 5.41) is 0. The average molecular weight is 963 g/mol. The molecule has 0 amide bonds. The Morgan fingerprint density at radius 2 is 0.632 bits per heavy atom. The minimum Gasteiger partial charge on any atom is -0.496 e. The second-order valence-electron chi connectivity index (χ2n) is 24.3. The smallest absolute Gasteiger partial charge is 0.496 e. The third kappa shape index (κ3) is 18.9. The van der Waals surface area contributed by atoms with Crippen molar-refractivity contribution >= 4 is 25.1 Å². The van der Waals surface area contributed by atoms with Gasteiger partial charge in [0.25, 0.3) is 0 Å². The quantitative estimate of drug-likeness (QED) is 0.0758. The summed E-state index contributed by atoms with van der Waals surface area (Å²) in [5.41, 5.74) is 4.06. The molecule has 3 rings (SSSR count). The standard InChI is InChI=1S/C57H87O10P/c1-52(2,3)37-62-34-46(55(10,11)12)49(59-19)40-25-22-28-43(31-40)65-68(58,66-44-29-23-26-41(32-44)50(60-20)47(56(13,14)15)35-63-38-53(4,5)6)67-45-30-24-27-42(33-45)51(61-21)48(57(16,17)18)36-64-39-54(7,8)9/h22-33H,34-39H2,1-21H3/b49-46-,50-47-,51-48-. The van der Waals surface area contributed by atoms with Crippen LogP contribution in [-0.2, 0) is 33.0 Å². The number of rotatable bonds is 21. The highest BCUT2D eigenvalue weighted by atomic mass is 31.2. The van der Waals surface area contributed by atoms with Gasteiger partial charge in [0.1, 0.15) is 34.5 Å². The number of benzene rings is 3. The molecule has 3 aromatic carbocycles. The predicted octanol–water partition coefficient (Wildman–Crippen LogP) is 15.7. The van der Waals surface area contributed by atoms with Crippen LogP contribution < -0.4 is 13.6 Å². The lowest BCUT2D eigenvalue weighted by molar-refractivity contribution is 0.0787. The average Bonchev–Trinajstić information content (AvgIpc) is 3.18. The molecule has 68 heavy (non-hydrogen) atoms. The lowest BCUT2D eigenvalue weighted by Gasteiger charge is -2.28. The molecule has 0 bridgehead atoms. The van der Waals surface area contributed by atoms with Gasteiger partial charge in [-0.25, -0.2) is 0 Å². The summed E-state index contributed by atoms with van der Waals surface area (Å²) >= 11 is 0. The molecule has 0 aliphatic heterocycles. The number of methoxy groups -OCH3 is 3. The molecule has 0 heterocycles. The monoisotopic (exact) mass is 963 g/mol. The van der Waals surface area contributed by atoms with Crippen molar-refractivity contribution in [2.45, 2.75) is 125 Å². The maximum absolute atomic E-state index is 15.5. The first-order chi connectivity index (χ1) is 31.2. The Balaban J connectivity index is 2.26. The van der Waals surface area contributed by atoms with Crippen molar-refractivity contribution < 1.29 is 46.6 Å². The maximum Gasteiger partial charge on any atom is 0.647 e. The van der Waals surface area contributed by atoms with Gasteiger partial charge < -0.3 is 42.0 Å². The van der Waals surface area contributed by atoms with Crippen LogP contribution in [0.25, 0.3) is 17.3 Å². The molecular weight excluding hydrogens is 876 g/mol. The Morgan fingerprint density at radius 1 is 0.397 bits per heavy atom. The summed E-state index contributed by atoms with van der Waals surface area (Å²) < 4.78 is 71.9.